The summed E-state index contributed by atoms with van der Waals surface area (Å²) in [7, 11) is 5.06. The highest BCUT2D eigenvalue weighted by atomic mass is 16.5. The number of nitrogens with one attached hydrogen (secondary N) is 1. The average Bonchev–Trinajstić information content (AvgIpc) is 3.53. The van der Waals surface area contributed by atoms with E-state index in [9.17, 15) is 9.59 Å². The minimum atomic E-state index is -0.256. The molecule has 0 bridgehead atoms. The average molecular weight is 538 g/mol. The molecular formula is C31H31N5O4. The largest absolute Gasteiger partial charge is 0.496 e. The molecule has 3 heterocycles. The number of carbonyl (C=O) groups excluding carboxylic acids is 2. The number of amides is 1. The molecule has 0 atom stereocenters. The fourth-order valence-electron chi connectivity index (χ4n) is 5.76. The van der Waals surface area contributed by atoms with Crippen LogP contribution in [-0.4, -0.2) is 44.8 Å². The fourth-order valence-corrected chi connectivity index (χ4v) is 5.76. The van der Waals surface area contributed by atoms with Gasteiger partial charge in [0.15, 0.2) is 0 Å². The lowest BCUT2D eigenvalue weighted by atomic mass is 9.88. The summed E-state index contributed by atoms with van der Waals surface area (Å²) in [5.41, 5.74) is 5.41. The van der Waals surface area contributed by atoms with Crippen molar-refractivity contribution in [3.05, 3.63) is 72.1 Å². The van der Waals surface area contributed by atoms with Crippen molar-refractivity contribution in [3.63, 3.8) is 0 Å². The van der Waals surface area contributed by atoms with E-state index in [1.54, 1.807) is 20.4 Å². The maximum atomic E-state index is 13.4. The first-order valence-corrected chi connectivity index (χ1v) is 13.4. The molecule has 1 aliphatic rings. The smallest absolute Gasteiger partial charge is 0.272 e. The van der Waals surface area contributed by atoms with Crippen LogP contribution in [0.15, 0.2) is 54.9 Å². The van der Waals surface area contributed by atoms with Gasteiger partial charge in [0.05, 0.1) is 42.3 Å². The lowest BCUT2D eigenvalue weighted by Crippen LogP contribution is -2.16. The van der Waals surface area contributed by atoms with Crippen LogP contribution >= 0.6 is 0 Å². The number of imidazole rings is 1. The van der Waals surface area contributed by atoms with Crippen LogP contribution in [0.3, 0.4) is 0 Å². The van der Waals surface area contributed by atoms with E-state index in [1.165, 1.54) is 0 Å². The van der Waals surface area contributed by atoms with Crippen LogP contribution in [0.2, 0.25) is 0 Å². The van der Waals surface area contributed by atoms with Gasteiger partial charge in [-0.15, -0.1) is 0 Å². The quantitative estimate of drug-likeness (QED) is 0.299. The number of ether oxygens (including phenoxy) is 2. The third-order valence-corrected chi connectivity index (χ3v) is 7.90. The van der Waals surface area contributed by atoms with Crippen molar-refractivity contribution in [3.8, 4) is 22.8 Å². The maximum absolute atomic E-state index is 13.4. The molecule has 9 nitrogen and oxygen atoms in total. The van der Waals surface area contributed by atoms with Crippen LogP contribution in [0.25, 0.3) is 27.7 Å². The SMILES string of the molecule is COc1cc(-c2nc(C3CCC(=O)CC3)n3ccnc(C)c23)ccc1NC(=O)c1cc2c(OC)cccc2n1C. The Bertz CT molecular complexity index is 1770. The van der Waals surface area contributed by atoms with Gasteiger partial charge in [-0.3, -0.25) is 19.0 Å². The van der Waals surface area contributed by atoms with Gasteiger partial charge in [0.25, 0.3) is 5.91 Å². The molecule has 3 aromatic heterocycles. The molecule has 2 aromatic carbocycles. The molecule has 0 saturated heterocycles. The monoisotopic (exact) mass is 537 g/mol. The number of anilines is 1. The molecule has 1 aliphatic carbocycles. The Morgan fingerprint density at radius 3 is 2.58 bits per heavy atom. The summed E-state index contributed by atoms with van der Waals surface area (Å²) < 4.78 is 15.1. The second-order valence-corrected chi connectivity index (χ2v) is 10.2. The molecule has 1 saturated carbocycles. The highest BCUT2D eigenvalue weighted by Crippen LogP contribution is 2.38. The van der Waals surface area contributed by atoms with Crippen molar-refractivity contribution in [2.75, 3.05) is 19.5 Å². The first-order valence-electron chi connectivity index (χ1n) is 13.4. The molecule has 204 valence electrons. The summed E-state index contributed by atoms with van der Waals surface area (Å²) in [6.45, 7) is 1.97. The Labute approximate surface area is 231 Å². The number of rotatable bonds is 6. The number of carbonyl (C=O) groups is 2. The second-order valence-electron chi connectivity index (χ2n) is 10.2. The minimum Gasteiger partial charge on any atom is -0.496 e. The maximum Gasteiger partial charge on any atom is 0.272 e. The summed E-state index contributed by atoms with van der Waals surface area (Å²) in [6.07, 6.45) is 6.50. The Morgan fingerprint density at radius 1 is 1.05 bits per heavy atom. The summed E-state index contributed by atoms with van der Waals surface area (Å²) in [6, 6.07) is 13.2. The van der Waals surface area contributed by atoms with Gasteiger partial charge in [-0.25, -0.2) is 4.98 Å². The third kappa shape index (κ3) is 4.27. The number of hydrogen-bond donors (Lipinski definition) is 1. The number of Topliss-reactive ketones (excluding diaryl/α,β-unsaturated/α-hetero) is 1. The van der Waals surface area contributed by atoms with Crippen molar-refractivity contribution in [2.24, 2.45) is 7.05 Å². The van der Waals surface area contributed by atoms with Gasteiger partial charge in [-0.2, -0.15) is 0 Å². The number of hydrogen-bond acceptors (Lipinski definition) is 6. The van der Waals surface area contributed by atoms with Crippen molar-refractivity contribution in [2.45, 2.75) is 38.5 Å². The van der Waals surface area contributed by atoms with Gasteiger partial charge in [0.2, 0.25) is 0 Å². The minimum absolute atomic E-state index is 0.209. The molecule has 1 amide bonds. The molecule has 1 fully saturated rings. The zero-order valence-electron chi connectivity index (χ0n) is 23.0. The molecule has 5 aromatic rings. The van der Waals surface area contributed by atoms with Gasteiger partial charge in [0.1, 0.15) is 28.8 Å². The summed E-state index contributed by atoms with van der Waals surface area (Å²) in [5.74, 6) is 2.46. The van der Waals surface area contributed by atoms with Crippen molar-refractivity contribution < 1.29 is 19.1 Å². The first kappa shape index (κ1) is 25.6. The van der Waals surface area contributed by atoms with E-state index in [1.807, 2.05) is 67.2 Å². The zero-order valence-corrected chi connectivity index (χ0v) is 23.0. The molecule has 9 heteroatoms. The molecule has 0 unspecified atom stereocenters. The number of aromatic nitrogens is 4. The highest BCUT2D eigenvalue weighted by molar-refractivity contribution is 6.08. The van der Waals surface area contributed by atoms with E-state index >= 15 is 0 Å². The topological polar surface area (TPSA) is 99.8 Å². The summed E-state index contributed by atoms with van der Waals surface area (Å²) >= 11 is 0. The van der Waals surface area contributed by atoms with E-state index in [4.69, 9.17) is 14.5 Å². The van der Waals surface area contributed by atoms with Crippen LogP contribution in [0.4, 0.5) is 5.69 Å². The Balaban J connectivity index is 1.36. The molecule has 40 heavy (non-hydrogen) atoms. The van der Waals surface area contributed by atoms with E-state index in [0.717, 1.165) is 52.0 Å². The Kier molecular flexibility index (Phi) is 6.50. The van der Waals surface area contributed by atoms with Crippen molar-refractivity contribution in [1.29, 1.82) is 0 Å². The van der Waals surface area contributed by atoms with Crippen LogP contribution in [-0.2, 0) is 11.8 Å². The van der Waals surface area contributed by atoms with Crippen LogP contribution in [0, 0.1) is 6.92 Å². The summed E-state index contributed by atoms with van der Waals surface area (Å²) in [5, 5.41) is 3.88. The number of benzene rings is 2. The Morgan fingerprint density at radius 2 is 1.82 bits per heavy atom. The van der Waals surface area contributed by atoms with Gasteiger partial charge in [-0.1, -0.05) is 12.1 Å². The van der Waals surface area contributed by atoms with Crippen molar-refractivity contribution in [1.82, 2.24) is 18.9 Å². The van der Waals surface area contributed by atoms with E-state index in [-0.39, 0.29) is 11.8 Å². The predicted molar refractivity (Wildman–Crippen MR) is 153 cm³/mol. The van der Waals surface area contributed by atoms with Crippen LogP contribution in [0.5, 0.6) is 11.5 Å². The molecule has 6 rings (SSSR count). The highest BCUT2D eigenvalue weighted by Gasteiger charge is 2.27. The lowest BCUT2D eigenvalue weighted by molar-refractivity contribution is -0.120. The molecule has 0 aliphatic heterocycles. The zero-order chi connectivity index (χ0) is 28.0. The first-order chi connectivity index (χ1) is 19.4. The molecule has 0 radical (unpaired) electrons. The number of aryl methyl sites for hydroxylation is 2. The number of fused-ring (bicyclic) bond motifs is 2. The second kappa shape index (κ2) is 10.1. The van der Waals surface area contributed by atoms with Gasteiger partial charge >= 0.3 is 0 Å². The lowest BCUT2D eigenvalue weighted by Gasteiger charge is -2.19. The van der Waals surface area contributed by atoms with E-state index in [2.05, 4.69) is 14.7 Å². The van der Waals surface area contributed by atoms with E-state index in [0.29, 0.717) is 41.5 Å². The number of nitrogens with zero attached hydrogens (tertiary/aromatic N) is 4. The van der Waals surface area contributed by atoms with Crippen LogP contribution < -0.4 is 14.8 Å². The van der Waals surface area contributed by atoms with Gasteiger partial charge in [-0.05, 0) is 50.1 Å². The fraction of sp³-hybridized carbons (Fsp3) is 0.290. The number of methoxy groups -OCH3 is 2. The van der Waals surface area contributed by atoms with Crippen molar-refractivity contribution >= 4 is 33.8 Å². The summed E-state index contributed by atoms with van der Waals surface area (Å²) in [4.78, 5) is 34.8. The number of ketones is 1. The molecular weight excluding hydrogens is 506 g/mol. The third-order valence-electron chi connectivity index (χ3n) is 7.90. The predicted octanol–water partition coefficient (Wildman–Crippen LogP) is 5.69. The Hall–Kier alpha value is -4.66. The van der Waals surface area contributed by atoms with Crippen LogP contribution in [0.1, 0.15) is 53.6 Å². The molecule has 0 spiro atoms. The molecule has 1 N–H and O–H groups in total. The normalized spacial score (nSPS) is 14.2. The van der Waals surface area contributed by atoms with Gasteiger partial charge < -0.3 is 19.4 Å². The van der Waals surface area contributed by atoms with E-state index < -0.39 is 0 Å². The van der Waals surface area contributed by atoms with Gasteiger partial charge in [0, 0.05) is 49.2 Å². The standard InChI is InChI=1S/C31H31N5O4/c1-18-29-28(34-30(36(29)15-14-32-18)19-8-11-21(37)12-9-19)20-10-13-23(27(16-20)40-4)33-31(38)25-17-22-24(35(25)2)6-5-7-26(22)39-3/h5-7,10,13-17,19H,8-9,11-12H2,1-4H3,(H,33,38).